The van der Waals surface area contributed by atoms with Crippen LogP contribution >= 0.6 is 11.8 Å². The van der Waals surface area contributed by atoms with Crippen molar-refractivity contribution >= 4 is 11.8 Å². The van der Waals surface area contributed by atoms with Crippen LogP contribution in [-0.2, 0) is 6.42 Å². The molecule has 0 aliphatic carbocycles. The van der Waals surface area contributed by atoms with E-state index in [9.17, 15) is 0 Å². The summed E-state index contributed by atoms with van der Waals surface area (Å²) in [6.45, 7) is 8.54. The molecule has 0 saturated carbocycles. The van der Waals surface area contributed by atoms with Crippen molar-refractivity contribution in [3.63, 3.8) is 0 Å². The Morgan fingerprint density at radius 3 is 2.13 bits per heavy atom. The van der Waals surface area contributed by atoms with E-state index in [0.717, 1.165) is 6.42 Å². The van der Waals surface area contributed by atoms with E-state index in [1.807, 2.05) is 11.8 Å². The van der Waals surface area contributed by atoms with Gasteiger partial charge in [-0.2, -0.15) is 0 Å². The van der Waals surface area contributed by atoms with Gasteiger partial charge in [0.05, 0.1) is 0 Å². The summed E-state index contributed by atoms with van der Waals surface area (Å²) in [5.41, 5.74) is 7.18. The summed E-state index contributed by atoms with van der Waals surface area (Å²) in [6.07, 6.45) is 0.930. The van der Waals surface area contributed by atoms with Crippen molar-refractivity contribution in [1.82, 2.24) is 0 Å². The van der Waals surface area contributed by atoms with Gasteiger partial charge in [0, 0.05) is 15.7 Å². The normalized spacial score (nSPS) is 12.1. The molecule has 1 aromatic carbocycles. The Morgan fingerprint density at radius 1 is 1.20 bits per heavy atom. The lowest BCUT2D eigenvalue weighted by atomic mass is 9.96. The fourth-order valence-electron chi connectivity index (χ4n) is 1.48. The Balaban J connectivity index is 2.64. The lowest BCUT2D eigenvalue weighted by Crippen LogP contribution is -2.34. The maximum Gasteiger partial charge on any atom is 0.0138 e. The number of benzene rings is 1. The van der Waals surface area contributed by atoms with Gasteiger partial charge < -0.3 is 5.73 Å². The second kappa shape index (κ2) is 5.04. The highest BCUT2D eigenvalue weighted by Crippen LogP contribution is 2.23. The average Bonchev–Trinajstić information content (AvgIpc) is 2.05. The lowest BCUT2D eigenvalue weighted by Gasteiger charge is -2.18. The summed E-state index contributed by atoms with van der Waals surface area (Å²) in [5, 5.41) is 0.641. The van der Waals surface area contributed by atoms with E-state index < -0.39 is 0 Å². The average molecular weight is 223 g/mol. The van der Waals surface area contributed by atoms with Gasteiger partial charge in [0.15, 0.2) is 0 Å². The second-order valence-electron chi connectivity index (χ2n) is 4.98. The number of nitrogens with two attached hydrogens (primary N) is 1. The van der Waals surface area contributed by atoms with Gasteiger partial charge in [0.25, 0.3) is 0 Å². The summed E-state index contributed by atoms with van der Waals surface area (Å²) < 4.78 is 0. The minimum Gasteiger partial charge on any atom is -0.325 e. The molecule has 0 radical (unpaired) electrons. The molecule has 0 unspecified atom stereocenters. The summed E-state index contributed by atoms with van der Waals surface area (Å²) in [4.78, 5) is 1.34. The second-order valence-corrected chi connectivity index (χ2v) is 6.63. The predicted molar refractivity (Wildman–Crippen MR) is 69.4 cm³/mol. The molecule has 2 heteroatoms. The smallest absolute Gasteiger partial charge is 0.0138 e. The van der Waals surface area contributed by atoms with Crippen LogP contribution in [0.2, 0.25) is 0 Å². The molecule has 0 heterocycles. The van der Waals surface area contributed by atoms with E-state index in [-0.39, 0.29) is 5.54 Å². The molecule has 0 bridgehead atoms. The first-order chi connectivity index (χ1) is 6.87. The van der Waals surface area contributed by atoms with Crippen LogP contribution in [-0.4, -0.2) is 10.8 Å². The third-order valence-corrected chi connectivity index (χ3v) is 2.97. The summed E-state index contributed by atoms with van der Waals surface area (Å²) in [6, 6.07) is 8.73. The zero-order chi connectivity index (χ0) is 11.5. The maximum absolute atomic E-state index is 5.98. The van der Waals surface area contributed by atoms with Crippen LogP contribution < -0.4 is 5.73 Å². The van der Waals surface area contributed by atoms with Gasteiger partial charge in [-0.15, -0.1) is 11.8 Å². The lowest BCUT2D eigenvalue weighted by molar-refractivity contribution is 0.516. The van der Waals surface area contributed by atoms with Crippen LogP contribution in [0.15, 0.2) is 29.2 Å². The van der Waals surface area contributed by atoms with Crippen molar-refractivity contribution in [2.75, 3.05) is 0 Å². The van der Waals surface area contributed by atoms with E-state index in [2.05, 4.69) is 52.0 Å². The van der Waals surface area contributed by atoms with E-state index in [1.54, 1.807) is 0 Å². The van der Waals surface area contributed by atoms with Crippen LogP contribution in [0.3, 0.4) is 0 Å². The summed E-state index contributed by atoms with van der Waals surface area (Å²) >= 11 is 1.89. The third kappa shape index (κ3) is 5.24. The molecule has 0 aliphatic heterocycles. The molecule has 15 heavy (non-hydrogen) atoms. The Bertz CT molecular complexity index is 295. The zero-order valence-electron chi connectivity index (χ0n) is 10.1. The van der Waals surface area contributed by atoms with E-state index >= 15 is 0 Å². The number of rotatable bonds is 4. The van der Waals surface area contributed by atoms with Crippen molar-refractivity contribution < 1.29 is 0 Å². The molecule has 2 N–H and O–H groups in total. The molecule has 84 valence electrons. The molecule has 1 aromatic rings. The first-order valence-corrected chi connectivity index (χ1v) is 6.29. The Morgan fingerprint density at radius 2 is 1.73 bits per heavy atom. The van der Waals surface area contributed by atoms with Gasteiger partial charge in [0.2, 0.25) is 0 Å². The van der Waals surface area contributed by atoms with E-state index in [1.165, 1.54) is 10.5 Å². The van der Waals surface area contributed by atoms with Crippen molar-refractivity contribution in [1.29, 1.82) is 0 Å². The Labute approximate surface area is 97.4 Å². The molecule has 0 amide bonds. The fourth-order valence-corrected chi connectivity index (χ4v) is 2.32. The molecule has 0 atom stereocenters. The molecule has 0 aromatic heterocycles. The summed E-state index contributed by atoms with van der Waals surface area (Å²) in [7, 11) is 0. The topological polar surface area (TPSA) is 26.0 Å². The van der Waals surface area contributed by atoms with Crippen LogP contribution in [0.25, 0.3) is 0 Å². The first kappa shape index (κ1) is 12.6. The van der Waals surface area contributed by atoms with E-state index in [0.29, 0.717) is 5.25 Å². The number of hydrogen-bond acceptors (Lipinski definition) is 2. The van der Waals surface area contributed by atoms with Gasteiger partial charge in [-0.3, -0.25) is 0 Å². The van der Waals surface area contributed by atoms with Crippen LogP contribution in [0, 0.1) is 0 Å². The largest absolute Gasteiger partial charge is 0.325 e. The zero-order valence-corrected chi connectivity index (χ0v) is 10.9. The highest BCUT2D eigenvalue weighted by molar-refractivity contribution is 7.99. The maximum atomic E-state index is 5.98. The molecule has 0 spiro atoms. The van der Waals surface area contributed by atoms with Crippen molar-refractivity contribution in [3.8, 4) is 0 Å². The predicted octanol–water partition coefficient (Wildman–Crippen LogP) is 3.47. The number of hydrogen-bond donors (Lipinski definition) is 1. The standard InChI is InChI=1S/C13H21NS/c1-10(2)15-12-7-5-11(6-8-12)9-13(3,4)14/h5-8,10H,9,14H2,1-4H3. The highest BCUT2D eigenvalue weighted by atomic mass is 32.2. The van der Waals surface area contributed by atoms with Crippen molar-refractivity contribution in [2.24, 2.45) is 5.73 Å². The van der Waals surface area contributed by atoms with Crippen LogP contribution in [0.5, 0.6) is 0 Å². The highest BCUT2D eigenvalue weighted by Gasteiger charge is 2.11. The fraction of sp³-hybridized carbons (Fsp3) is 0.538. The molecule has 1 nitrogen and oxygen atoms in total. The number of thioether (sulfide) groups is 1. The first-order valence-electron chi connectivity index (χ1n) is 5.41. The SMILES string of the molecule is CC(C)Sc1ccc(CC(C)(C)N)cc1. The third-order valence-electron chi connectivity index (χ3n) is 1.95. The molecule has 0 fully saturated rings. The van der Waals surface area contributed by atoms with Crippen LogP contribution in [0.1, 0.15) is 33.3 Å². The minimum absolute atomic E-state index is 0.118. The van der Waals surface area contributed by atoms with Gasteiger partial charge in [-0.05, 0) is 38.0 Å². The Hall–Kier alpha value is -0.470. The monoisotopic (exact) mass is 223 g/mol. The molecule has 1 rings (SSSR count). The Kier molecular flexibility index (Phi) is 4.23. The van der Waals surface area contributed by atoms with Gasteiger partial charge in [-0.25, -0.2) is 0 Å². The quantitative estimate of drug-likeness (QED) is 0.791. The van der Waals surface area contributed by atoms with E-state index in [4.69, 9.17) is 5.73 Å². The molecule has 0 aliphatic rings. The molecular weight excluding hydrogens is 202 g/mol. The van der Waals surface area contributed by atoms with Gasteiger partial charge >= 0.3 is 0 Å². The van der Waals surface area contributed by atoms with Gasteiger partial charge in [-0.1, -0.05) is 26.0 Å². The molecule has 0 saturated heterocycles. The van der Waals surface area contributed by atoms with Crippen molar-refractivity contribution in [3.05, 3.63) is 29.8 Å². The minimum atomic E-state index is -0.118. The van der Waals surface area contributed by atoms with Crippen LogP contribution in [0.4, 0.5) is 0 Å². The van der Waals surface area contributed by atoms with Gasteiger partial charge in [0.1, 0.15) is 0 Å². The molecular formula is C13H21NS. The van der Waals surface area contributed by atoms with Crippen molar-refractivity contribution in [2.45, 2.75) is 49.8 Å². The summed E-state index contributed by atoms with van der Waals surface area (Å²) in [5.74, 6) is 0.